The number of nitrogens with one attached hydrogen (secondary N) is 2. The summed E-state index contributed by atoms with van der Waals surface area (Å²) in [6, 6.07) is 16.1. The highest BCUT2D eigenvalue weighted by atomic mass is 127. The number of carbonyl (C=O) groups is 1. The van der Waals surface area contributed by atoms with Crippen LogP contribution in [0.1, 0.15) is 0 Å². The predicted molar refractivity (Wildman–Crippen MR) is 109 cm³/mol. The molecule has 6 nitrogen and oxygen atoms in total. The maximum absolute atomic E-state index is 12.6. The van der Waals surface area contributed by atoms with E-state index in [2.05, 4.69) is 27.9 Å². The van der Waals surface area contributed by atoms with Crippen LogP contribution in [0.5, 0.6) is 0 Å². The van der Waals surface area contributed by atoms with Gasteiger partial charge in [-0.15, -0.1) is 0 Å². The van der Waals surface area contributed by atoms with Gasteiger partial charge in [-0.2, -0.15) is 4.31 Å². The quantitative estimate of drug-likeness (QED) is 0.616. The van der Waals surface area contributed by atoms with E-state index in [0.717, 1.165) is 14.2 Å². The van der Waals surface area contributed by atoms with Crippen LogP contribution in [0.15, 0.2) is 59.5 Å². The minimum Gasteiger partial charge on any atom is -0.325 e. The van der Waals surface area contributed by atoms with E-state index < -0.39 is 10.0 Å². The third-order valence-corrected chi connectivity index (χ3v) is 7.22. The molecule has 1 aliphatic rings. The van der Waals surface area contributed by atoms with Gasteiger partial charge in [0, 0.05) is 3.57 Å². The van der Waals surface area contributed by atoms with E-state index in [4.69, 9.17) is 0 Å². The Hall–Kier alpha value is -1.49. The number of anilines is 1. The SMILES string of the molecule is O=C(C[NH+]1CCN(S(=O)(=O)c2ccccc2)CC1)Nc1ccccc1I. The van der Waals surface area contributed by atoms with Crippen molar-refractivity contribution < 1.29 is 18.1 Å². The summed E-state index contributed by atoms with van der Waals surface area (Å²) in [4.78, 5) is 13.7. The predicted octanol–water partition coefficient (Wildman–Crippen LogP) is 0.819. The van der Waals surface area contributed by atoms with Crippen molar-refractivity contribution in [3.63, 3.8) is 0 Å². The van der Waals surface area contributed by atoms with Crippen LogP contribution in [0.2, 0.25) is 0 Å². The molecule has 3 rings (SSSR count). The zero-order valence-electron chi connectivity index (χ0n) is 14.2. The highest BCUT2D eigenvalue weighted by Crippen LogP contribution is 2.17. The van der Waals surface area contributed by atoms with Gasteiger partial charge in [0.2, 0.25) is 10.0 Å². The molecule has 26 heavy (non-hydrogen) atoms. The molecule has 8 heteroatoms. The number of hydrogen-bond donors (Lipinski definition) is 2. The Kier molecular flexibility index (Phi) is 6.28. The summed E-state index contributed by atoms with van der Waals surface area (Å²) < 4.78 is 27.8. The summed E-state index contributed by atoms with van der Waals surface area (Å²) in [6.45, 7) is 2.41. The third-order valence-electron chi connectivity index (χ3n) is 4.37. The highest BCUT2D eigenvalue weighted by molar-refractivity contribution is 14.1. The lowest BCUT2D eigenvalue weighted by atomic mass is 10.3. The standard InChI is InChI=1S/C18H20IN3O3S/c19-16-8-4-5-9-17(16)20-18(23)14-21-10-12-22(13-11-21)26(24,25)15-6-2-1-3-7-15/h1-9H,10-14H2,(H,20,23)/p+1. The molecule has 0 atom stereocenters. The molecule has 2 aromatic rings. The van der Waals surface area contributed by atoms with Gasteiger partial charge in [-0.25, -0.2) is 8.42 Å². The Labute approximate surface area is 167 Å². The molecule has 138 valence electrons. The molecule has 0 spiro atoms. The van der Waals surface area contributed by atoms with Gasteiger partial charge < -0.3 is 10.2 Å². The van der Waals surface area contributed by atoms with Crippen molar-refractivity contribution >= 4 is 44.2 Å². The fourth-order valence-electron chi connectivity index (χ4n) is 2.95. The van der Waals surface area contributed by atoms with Gasteiger partial charge in [0.1, 0.15) is 0 Å². The van der Waals surface area contributed by atoms with E-state index in [1.165, 1.54) is 4.31 Å². The van der Waals surface area contributed by atoms with Gasteiger partial charge in [0.25, 0.3) is 5.91 Å². The molecule has 1 amide bonds. The molecule has 0 aliphatic carbocycles. The van der Waals surface area contributed by atoms with Crippen LogP contribution in [0, 0.1) is 3.57 Å². The summed E-state index contributed by atoms with van der Waals surface area (Å²) in [5, 5.41) is 2.93. The lowest BCUT2D eigenvalue weighted by Gasteiger charge is -2.31. The van der Waals surface area contributed by atoms with E-state index in [9.17, 15) is 13.2 Å². The molecular formula is C18H21IN3O3S+. The van der Waals surface area contributed by atoms with Crippen molar-refractivity contribution in [2.45, 2.75) is 4.90 Å². The summed E-state index contributed by atoms with van der Waals surface area (Å²) >= 11 is 2.19. The highest BCUT2D eigenvalue weighted by Gasteiger charge is 2.31. The second-order valence-corrected chi connectivity index (χ2v) is 9.27. The van der Waals surface area contributed by atoms with E-state index in [1.54, 1.807) is 30.3 Å². The van der Waals surface area contributed by atoms with Crippen molar-refractivity contribution in [2.75, 3.05) is 38.0 Å². The van der Waals surface area contributed by atoms with Crippen molar-refractivity contribution in [1.29, 1.82) is 0 Å². The fraction of sp³-hybridized carbons (Fsp3) is 0.278. The molecule has 0 bridgehead atoms. The molecule has 1 saturated heterocycles. The van der Waals surface area contributed by atoms with Gasteiger partial charge >= 0.3 is 0 Å². The monoisotopic (exact) mass is 486 g/mol. The van der Waals surface area contributed by atoms with Gasteiger partial charge in [0.05, 0.1) is 36.8 Å². The van der Waals surface area contributed by atoms with E-state index in [1.807, 2.05) is 24.3 Å². The third kappa shape index (κ3) is 4.61. The Morgan fingerprint density at radius 2 is 1.65 bits per heavy atom. The fourth-order valence-corrected chi connectivity index (χ4v) is 4.93. The normalized spacial score (nSPS) is 16.3. The lowest BCUT2D eigenvalue weighted by Crippen LogP contribution is -3.15. The van der Waals surface area contributed by atoms with Crippen LogP contribution in [-0.4, -0.2) is 51.4 Å². The Bertz CT molecular complexity index is 866. The zero-order chi connectivity index (χ0) is 18.6. The van der Waals surface area contributed by atoms with E-state index in [0.29, 0.717) is 37.6 Å². The van der Waals surface area contributed by atoms with Crippen molar-refractivity contribution in [3.05, 3.63) is 58.2 Å². The first-order valence-electron chi connectivity index (χ1n) is 8.40. The van der Waals surface area contributed by atoms with Crippen molar-refractivity contribution in [3.8, 4) is 0 Å². The summed E-state index contributed by atoms with van der Waals surface area (Å²) in [5.74, 6) is -0.0523. The minimum atomic E-state index is -3.45. The molecule has 0 unspecified atom stereocenters. The molecule has 1 aliphatic heterocycles. The van der Waals surface area contributed by atoms with Crippen LogP contribution in [0.4, 0.5) is 5.69 Å². The van der Waals surface area contributed by atoms with E-state index in [-0.39, 0.29) is 5.91 Å². The largest absolute Gasteiger partial charge is 0.325 e. The number of sulfonamides is 1. The number of para-hydroxylation sites is 1. The number of hydrogen-bond acceptors (Lipinski definition) is 3. The lowest BCUT2D eigenvalue weighted by molar-refractivity contribution is -0.895. The number of amides is 1. The summed E-state index contributed by atoms with van der Waals surface area (Å²) in [6.07, 6.45) is 0. The molecule has 0 radical (unpaired) electrons. The molecule has 1 fully saturated rings. The average molecular weight is 486 g/mol. The van der Waals surface area contributed by atoms with Crippen LogP contribution >= 0.6 is 22.6 Å². The zero-order valence-corrected chi connectivity index (χ0v) is 17.2. The number of halogens is 1. The maximum atomic E-state index is 12.6. The number of quaternary nitrogens is 1. The molecule has 1 heterocycles. The van der Waals surface area contributed by atoms with Gasteiger partial charge in [-0.1, -0.05) is 30.3 Å². The molecule has 2 aromatic carbocycles. The smallest absolute Gasteiger partial charge is 0.279 e. The number of rotatable bonds is 5. The first-order chi connectivity index (χ1) is 12.5. The molecule has 2 N–H and O–H groups in total. The Balaban J connectivity index is 1.54. The Morgan fingerprint density at radius 3 is 2.31 bits per heavy atom. The molecular weight excluding hydrogens is 465 g/mol. The second kappa shape index (κ2) is 8.47. The molecule has 0 aromatic heterocycles. The van der Waals surface area contributed by atoms with Gasteiger partial charge in [-0.3, -0.25) is 4.79 Å². The van der Waals surface area contributed by atoms with Crippen LogP contribution in [-0.2, 0) is 14.8 Å². The molecule has 0 saturated carbocycles. The number of piperazine rings is 1. The van der Waals surface area contributed by atoms with Crippen molar-refractivity contribution in [1.82, 2.24) is 4.31 Å². The first kappa shape index (κ1) is 19.3. The number of nitrogens with zero attached hydrogens (tertiary/aromatic N) is 1. The second-order valence-electron chi connectivity index (χ2n) is 6.17. The van der Waals surface area contributed by atoms with Crippen molar-refractivity contribution in [2.24, 2.45) is 0 Å². The van der Waals surface area contributed by atoms with Crippen LogP contribution in [0.25, 0.3) is 0 Å². The minimum absolute atomic E-state index is 0.0523. The number of benzene rings is 2. The number of carbonyl (C=O) groups excluding carboxylic acids is 1. The summed E-state index contributed by atoms with van der Waals surface area (Å²) in [5.41, 5.74) is 0.808. The first-order valence-corrected chi connectivity index (χ1v) is 10.9. The van der Waals surface area contributed by atoms with Gasteiger partial charge in [0.15, 0.2) is 6.54 Å². The van der Waals surface area contributed by atoms with Gasteiger partial charge in [-0.05, 0) is 46.9 Å². The average Bonchev–Trinajstić information content (AvgIpc) is 2.65. The maximum Gasteiger partial charge on any atom is 0.279 e. The van der Waals surface area contributed by atoms with Crippen LogP contribution < -0.4 is 10.2 Å². The van der Waals surface area contributed by atoms with E-state index >= 15 is 0 Å². The topological polar surface area (TPSA) is 70.9 Å². The Morgan fingerprint density at radius 1 is 1.04 bits per heavy atom. The van der Waals surface area contributed by atoms with Crippen LogP contribution in [0.3, 0.4) is 0 Å². The summed E-state index contributed by atoms with van der Waals surface area (Å²) in [7, 11) is -3.45.